The van der Waals surface area contributed by atoms with Crippen LogP contribution in [0.15, 0.2) is 36.4 Å². The molecule has 5 nitrogen and oxygen atoms in total. The fraction of sp³-hybridized carbons (Fsp3) is 0.235. The molecular weight excluding hydrogens is 376 g/mol. The van der Waals surface area contributed by atoms with Crippen molar-refractivity contribution in [1.82, 2.24) is 4.98 Å². The molecule has 2 aromatic carbocycles. The molecule has 1 saturated heterocycles. The first kappa shape index (κ1) is 16.7. The number of hydrogen-bond acceptors (Lipinski definition) is 7. The Kier molecular flexibility index (Phi) is 4.58. The van der Waals surface area contributed by atoms with Crippen LogP contribution in [-0.2, 0) is 0 Å². The fourth-order valence-corrected chi connectivity index (χ4v) is 6.32. The highest BCUT2D eigenvalue weighted by molar-refractivity contribution is 8.19. The van der Waals surface area contributed by atoms with Crippen LogP contribution < -0.4 is 4.74 Å². The van der Waals surface area contributed by atoms with E-state index in [1.807, 2.05) is 25.1 Å². The molecule has 0 radical (unpaired) electrons. The third-order valence-electron chi connectivity index (χ3n) is 3.80. The summed E-state index contributed by atoms with van der Waals surface area (Å²) in [4.78, 5) is 15.3. The normalized spacial score (nSPS) is 14.9. The maximum atomic E-state index is 11.1. The predicted octanol–water partition coefficient (Wildman–Crippen LogP) is 5.78. The Balaban J connectivity index is 1.71. The lowest BCUT2D eigenvalue weighted by Gasteiger charge is -2.13. The minimum atomic E-state index is -0.363. The average molecular weight is 391 g/mol. The molecule has 2 heterocycles. The summed E-state index contributed by atoms with van der Waals surface area (Å²) in [6.07, 6.45) is 0. The largest absolute Gasteiger partial charge is 0.430 e. The summed E-state index contributed by atoms with van der Waals surface area (Å²) in [7, 11) is 0. The van der Waals surface area contributed by atoms with Gasteiger partial charge in [0.25, 0.3) is 10.9 Å². The number of non-ortho nitro benzene ring substituents is 1. The molecule has 1 aliphatic heterocycles. The SMILES string of the molecule is Cc1ccc2sc(Oc3ccc([N+](=O)[O-])cc3C3SCCS3)nc2c1. The molecule has 25 heavy (non-hydrogen) atoms. The predicted molar refractivity (Wildman–Crippen MR) is 105 cm³/mol. The number of aromatic nitrogens is 1. The van der Waals surface area contributed by atoms with Crippen molar-refractivity contribution in [1.29, 1.82) is 0 Å². The molecule has 4 rings (SSSR count). The summed E-state index contributed by atoms with van der Waals surface area (Å²) in [5.74, 6) is 2.73. The summed E-state index contributed by atoms with van der Waals surface area (Å²) >= 11 is 5.06. The highest BCUT2D eigenvalue weighted by Crippen LogP contribution is 2.50. The zero-order valence-electron chi connectivity index (χ0n) is 13.3. The van der Waals surface area contributed by atoms with Crippen LogP contribution in [0.5, 0.6) is 10.9 Å². The number of hydrogen-bond donors (Lipinski definition) is 0. The van der Waals surface area contributed by atoms with Crippen LogP contribution in [0.3, 0.4) is 0 Å². The Bertz CT molecular complexity index is 951. The van der Waals surface area contributed by atoms with Crippen LogP contribution >= 0.6 is 34.9 Å². The summed E-state index contributed by atoms with van der Waals surface area (Å²) in [6, 6.07) is 10.9. The van der Waals surface area contributed by atoms with E-state index < -0.39 is 0 Å². The zero-order chi connectivity index (χ0) is 17.4. The fourth-order valence-electron chi connectivity index (χ4n) is 2.62. The maximum absolute atomic E-state index is 11.1. The highest BCUT2D eigenvalue weighted by atomic mass is 32.2. The molecule has 0 spiro atoms. The van der Waals surface area contributed by atoms with Crippen LogP contribution in [0.2, 0.25) is 0 Å². The van der Waals surface area contributed by atoms with Crippen molar-refractivity contribution < 1.29 is 9.66 Å². The number of thioether (sulfide) groups is 2. The molecule has 0 atom stereocenters. The van der Waals surface area contributed by atoms with Gasteiger partial charge in [-0.3, -0.25) is 10.1 Å². The molecule has 0 aliphatic carbocycles. The van der Waals surface area contributed by atoms with E-state index in [1.54, 1.807) is 35.7 Å². The summed E-state index contributed by atoms with van der Waals surface area (Å²) in [5, 5.41) is 11.7. The summed E-state index contributed by atoms with van der Waals surface area (Å²) in [6.45, 7) is 2.03. The van der Waals surface area contributed by atoms with Crippen molar-refractivity contribution in [2.75, 3.05) is 11.5 Å². The van der Waals surface area contributed by atoms with Crippen molar-refractivity contribution in [3.05, 3.63) is 57.6 Å². The second-order valence-electron chi connectivity index (χ2n) is 5.61. The van der Waals surface area contributed by atoms with Crippen molar-refractivity contribution in [2.45, 2.75) is 11.5 Å². The Morgan fingerprint density at radius 3 is 2.76 bits per heavy atom. The second kappa shape index (κ2) is 6.86. The number of nitro groups is 1. The highest BCUT2D eigenvalue weighted by Gasteiger charge is 2.25. The van der Waals surface area contributed by atoms with Crippen molar-refractivity contribution in [2.24, 2.45) is 0 Å². The lowest BCUT2D eigenvalue weighted by Crippen LogP contribution is -1.96. The van der Waals surface area contributed by atoms with Gasteiger partial charge in [-0.2, -0.15) is 0 Å². The number of nitro benzene ring substituents is 1. The van der Waals surface area contributed by atoms with Crippen LogP contribution in [0.25, 0.3) is 10.2 Å². The first-order chi connectivity index (χ1) is 12.1. The lowest BCUT2D eigenvalue weighted by atomic mass is 10.2. The Labute approximate surface area is 156 Å². The second-order valence-corrected chi connectivity index (χ2v) is 9.32. The maximum Gasteiger partial charge on any atom is 0.279 e. The first-order valence-corrected chi connectivity index (χ1v) is 10.6. The Morgan fingerprint density at radius 1 is 1.20 bits per heavy atom. The van der Waals surface area contributed by atoms with E-state index in [1.165, 1.54) is 17.4 Å². The van der Waals surface area contributed by atoms with Crippen LogP contribution in [0.4, 0.5) is 5.69 Å². The molecule has 0 N–H and O–H groups in total. The molecule has 0 bridgehead atoms. The van der Waals surface area contributed by atoms with E-state index in [4.69, 9.17) is 4.74 Å². The number of rotatable bonds is 4. The van der Waals surface area contributed by atoms with Crippen molar-refractivity contribution in [3.63, 3.8) is 0 Å². The minimum Gasteiger partial charge on any atom is -0.430 e. The Morgan fingerprint density at radius 2 is 2.00 bits per heavy atom. The number of ether oxygens (including phenoxy) is 1. The molecule has 3 aromatic rings. The van der Waals surface area contributed by atoms with Gasteiger partial charge in [0.15, 0.2) is 0 Å². The van der Waals surface area contributed by atoms with Crippen molar-refractivity contribution in [3.8, 4) is 10.9 Å². The average Bonchev–Trinajstić information content (AvgIpc) is 3.23. The van der Waals surface area contributed by atoms with Crippen molar-refractivity contribution >= 4 is 50.8 Å². The topological polar surface area (TPSA) is 65.3 Å². The van der Waals surface area contributed by atoms with Gasteiger partial charge < -0.3 is 4.74 Å². The zero-order valence-corrected chi connectivity index (χ0v) is 15.7. The third-order valence-corrected chi connectivity index (χ3v) is 7.78. The van der Waals surface area contributed by atoms with E-state index in [9.17, 15) is 10.1 Å². The van der Waals surface area contributed by atoms with Crippen LogP contribution in [0.1, 0.15) is 15.7 Å². The number of thiazole rings is 1. The molecule has 0 amide bonds. The van der Waals surface area contributed by atoms with E-state index in [2.05, 4.69) is 4.98 Å². The van der Waals surface area contributed by atoms with Gasteiger partial charge in [0, 0.05) is 29.2 Å². The van der Waals surface area contributed by atoms with E-state index in [-0.39, 0.29) is 15.2 Å². The molecule has 1 aromatic heterocycles. The third kappa shape index (κ3) is 3.47. The summed E-state index contributed by atoms with van der Waals surface area (Å²) in [5.41, 5.74) is 3.01. The summed E-state index contributed by atoms with van der Waals surface area (Å²) < 4.78 is 7.26. The molecule has 0 unspecified atom stereocenters. The van der Waals surface area contributed by atoms with E-state index in [0.717, 1.165) is 32.8 Å². The first-order valence-electron chi connectivity index (χ1n) is 7.67. The van der Waals surface area contributed by atoms with Crippen LogP contribution in [-0.4, -0.2) is 21.4 Å². The van der Waals surface area contributed by atoms with Gasteiger partial charge in [0.1, 0.15) is 5.75 Å². The lowest BCUT2D eigenvalue weighted by molar-refractivity contribution is -0.384. The quantitative estimate of drug-likeness (QED) is 0.415. The van der Waals surface area contributed by atoms with Gasteiger partial charge in [0.05, 0.1) is 19.7 Å². The number of nitrogens with zero attached hydrogens (tertiary/aromatic N) is 2. The minimum absolute atomic E-state index is 0.0929. The molecule has 1 fully saturated rings. The molecule has 1 aliphatic rings. The van der Waals surface area contributed by atoms with Gasteiger partial charge in [0.2, 0.25) is 0 Å². The molecule has 128 valence electrons. The number of benzene rings is 2. The van der Waals surface area contributed by atoms with Gasteiger partial charge in [-0.25, -0.2) is 4.98 Å². The van der Waals surface area contributed by atoms with E-state index in [0.29, 0.717) is 10.9 Å². The van der Waals surface area contributed by atoms with Gasteiger partial charge in [-0.15, -0.1) is 23.5 Å². The van der Waals surface area contributed by atoms with Gasteiger partial charge in [-0.05, 0) is 30.7 Å². The van der Waals surface area contributed by atoms with Crippen LogP contribution in [0, 0.1) is 17.0 Å². The number of aryl methyl sites for hydroxylation is 1. The monoisotopic (exact) mass is 390 g/mol. The van der Waals surface area contributed by atoms with E-state index >= 15 is 0 Å². The Hall–Kier alpha value is -1.77. The van der Waals surface area contributed by atoms with Gasteiger partial charge >= 0.3 is 0 Å². The number of fused-ring (bicyclic) bond motifs is 1. The standard InChI is InChI=1S/C17H14N2O3S3/c1-10-2-5-15-13(8-10)18-17(25-15)22-14-4-3-11(19(20)21)9-12(14)16-23-6-7-24-16/h2-5,8-9,16H,6-7H2,1H3. The smallest absolute Gasteiger partial charge is 0.279 e. The molecule has 0 saturated carbocycles. The molecular formula is C17H14N2O3S3. The molecule has 8 heteroatoms. The van der Waals surface area contributed by atoms with Gasteiger partial charge in [-0.1, -0.05) is 17.4 Å².